The highest BCUT2D eigenvalue weighted by Gasteiger charge is 2.34. The zero-order valence-electron chi connectivity index (χ0n) is 13.6. The van der Waals surface area contributed by atoms with Gasteiger partial charge in [0.25, 0.3) is 0 Å². The van der Waals surface area contributed by atoms with E-state index in [1.807, 2.05) is 0 Å². The molecule has 0 bridgehead atoms. The molecular weight excluding hydrogens is 260 g/mol. The van der Waals surface area contributed by atoms with Gasteiger partial charge >= 0.3 is 0 Å². The van der Waals surface area contributed by atoms with E-state index in [0.29, 0.717) is 0 Å². The lowest BCUT2D eigenvalue weighted by Crippen LogP contribution is -2.49. The van der Waals surface area contributed by atoms with Gasteiger partial charge in [-0.25, -0.2) is 0 Å². The highest BCUT2D eigenvalue weighted by Crippen LogP contribution is 2.31. The van der Waals surface area contributed by atoms with Crippen LogP contribution in [0, 0.1) is 5.41 Å². The van der Waals surface area contributed by atoms with Crippen LogP contribution in [-0.4, -0.2) is 39.4 Å². The second kappa shape index (κ2) is 8.40. The molecule has 1 aliphatic rings. The number of hydrogen-bond acceptors (Lipinski definition) is 3. The van der Waals surface area contributed by atoms with E-state index in [1.165, 1.54) is 24.9 Å². The fraction of sp³-hybridized carbons (Fsp3) is 0.667. The van der Waals surface area contributed by atoms with Crippen molar-refractivity contribution in [2.75, 3.05) is 44.3 Å². The summed E-state index contributed by atoms with van der Waals surface area (Å²) >= 11 is 0. The normalized spacial score (nSPS) is 22.2. The number of nitrogens with zero attached hydrogens (tertiary/aromatic N) is 1. The molecule has 118 valence electrons. The molecule has 0 radical (unpaired) electrons. The third-order valence-electron chi connectivity index (χ3n) is 4.36. The molecule has 21 heavy (non-hydrogen) atoms. The van der Waals surface area contributed by atoms with Gasteiger partial charge in [-0.05, 0) is 44.9 Å². The van der Waals surface area contributed by atoms with Crippen molar-refractivity contribution >= 4 is 5.69 Å². The number of anilines is 1. The molecule has 1 fully saturated rings. The van der Waals surface area contributed by atoms with Crippen molar-refractivity contribution < 1.29 is 4.74 Å². The Kier molecular flexibility index (Phi) is 6.52. The lowest BCUT2D eigenvalue weighted by Gasteiger charge is -2.41. The topological polar surface area (TPSA) is 24.5 Å². The summed E-state index contributed by atoms with van der Waals surface area (Å²) in [7, 11) is 0. The van der Waals surface area contributed by atoms with E-state index in [0.717, 1.165) is 39.4 Å². The molecule has 0 aliphatic carbocycles. The molecule has 1 atom stereocenters. The van der Waals surface area contributed by atoms with Crippen LogP contribution in [0.15, 0.2) is 30.3 Å². The van der Waals surface area contributed by atoms with E-state index in [2.05, 4.69) is 54.4 Å². The Morgan fingerprint density at radius 3 is 2.67 bits per heavy atom. The van der Waals surface area contributed by atoms with E-state index >= 15 is 0 Å². The van der Waals surface area contributed by atoms with Gasteiger partial charge in [-0.1, -0.05) is 25.1 Å². The summed E-state index contributed by atoms with van der Waals surface area (Å²) in [4.78, 5) is 2.49. The van der Waals surface area contributed by atoms with Gasteiger partial charge in [0, 0.05) is 37.3 Å². The van der Waals surface area contributed by atoms with Gasteiger partial charge in [0.05, 0.1) is 6.61 Å². The Hall–Kier alpha value is -1.06. The first kappa shape index (κ1) is 16.3. The van der Waals surface area contributed by atoms with E-state index in [-0.39, 0.29) is 5.41 Å². The molecule has 1 unspecified atom stereocenters. The molecule has 2 rings (SSSR count). The van der Waals surface area contributed by atoms with Crippen molar-refractivity contribution in [3.63, 3.8) is 0 Å². The van der Waals surface area contributed by atoms with Crippen LogP contribution in [0.2, 0.25) is 0 Å². The zero-order valence-corrected chi connectivity index (χ0v) is 13.6. The molecule has 1 saturated heterocycles. The number of para-hydroxylation sites is 1. The van der Waals surface area contributed by atoms with Gasteiger partial charge in [0.15, 0.2) is 0 Å². The molecule has 1 N–H and O–H groups in total. The van der Waals surface area contributed by atoms with E-state index in [4.69, 9.17) is 4.74 Å². The summed E-state index contributed by atoms with van der Waals surface area (Å²) in [5.41, 5.74) is 1.57. The smallest absolute Gasteiger partial charge is 0.0551 e. The number of benzene rings is 1. The summed E-state index contributed by atoms with van der Waals surface area (Å²) in [6.07, 6.45) is 3.63. The van der Waals surface area contributed by atoms with E-state index < -0.39 is 0 Å². The van der Waals surface area contributed by atoms with E-state index in [9.17, 15) is 0 Å². The average Bonchev–Trinajstić information content (AvgIpc) is 2.55. The van der Waals surface area contributed by atoms with Crippen molar-refractivity contribution in [3.05, 3.63) is 30.3 Å². The molecule has 3 heteroatoms. The lowest BCUT2D eigenvalue weighted by molar-refractivity contribution is -0.00305. The fourth-order valence-electron chi connectivity index (χ4n) is 3.19. The second-order valence-corrected chi connectivity index (χ2v) is 6.18. The van der Waals surface area contributed by atoms with Crippen molar-refractivity contribution in [2.45, 2.75) is 33.1 Å². The predicted molar refractivity (Wildman–Crippen MR) is 90.0 cm³/mol. The molecule has 3 nitrogen and oxygen atoms in total. The average molecular weight is 290 g/mol. The molecule has 0 amide bonds. The number of nitrogens with one attached hydrogen (secondary N) is 1. The van der Waals surface area contributed by atoms with Gasteiger partial charge in [-0.2, -0.15) is 0 Å². The quantitative estimate of drug-likeness (QED) is 0.743. The standard InChI is InChI=1S/C18H30N2O/c1-3-12-19-14-18(11-8-13-21-16-18)15-20(4-2)17-9-6-5-7-10-17/h5-7,9-10,19H,3-4,8,11-16H2,1-2H3. The lowest BCUT2D eigenvalue weighted by atomic mass is 9.81. The fourth-order valence-corrected chi connectivity index (χ4v) is 3.19. The molecule has 0 spiro atoms. The molecule has 0 saturated carbocycles. The van der Waals surface area contributed by atoms with Crippen LogP contribution in [0.5, 0.6) is 0 Å². The Morgan fingerprint density at radius 1 is 1.24 bits per heavy atom. The van der Waals surface area contributed by atoms with Crippen molar-refractivity contribution in [3.8, 4) is 0 Å². The minimum atomic E-state index is 0.249. The van der Waals surface area contributed by atoms with Crippen LogP contribution in [0.4, 0.5) is 5.69 Å². The van der Waals surface area contributed by atoms with Crippen LogP contribution < -0.4 is 10.2 Å². The Labute approximate surface area is 129 Å². The Balaban J connectivity index is 2.05. The van der Waals surface area contributed by atoms with Crippen molar-refractivity contribution in [2.24, 2.45) is 5.41 Å². The van der Waals surface area contributed by atoms with Crippen molar-refractivity contribution in [1.82, 2.24) is 5.32 Å². The maximum absolute atomic E-state index is 5.83. The van der Waals surface area contributed by atoms with Gasteiger partial charge < -0.3 is 15.0 Å². The minimum Gasteiger partial charge on any atom is -0.381 e. The Morgan fingerprint density at radius 2 is 2.05 bits per heavy atom. The van der Waals surface area contributed by atoms with Crippen LogP contribution in [0.3, 0.4) is 0 Å². The van der Waals surface area contributed by atoms with Crippen LogP contribution in [0.25, 0.3) is 0 Å². The maximum atomic E-state index is 5.83. The highest BCUT2D eigenvalue weighted by molar-refractivity contribution is 5.46. The van der Waals surface area contributed by atoms with Gasteiger partial charge in [-0.3, -0.25) is 0 Å². The predicted octanol–water partition coefficient (Wildman–Crippen LogP) is 3.31. The zero-order chi connectivity index (χ0) is 15.0. The number of hydrogen-bond donors (Lipinski definition) is 1. The first-order valence-electron chi connectivity index (χ1n) is 8.38. The molecule has 1 heterocycles. The summed E-state index contributed by atoms with van der Waals surface area (Å²) in [6, 6.07) is 10.7. The third-order valence-corrected chi connectivity index (χ3v) is 4.36. The number of rotatable bonds is 8. The minimum absolute atomic E-state index is 0.249. The second-order valence-electron chi connectivity index (χ2n) is 6.18. The van der Waals surface area contributed by atoms with Gasteiger partial charge in [0.2, 0.25) is 0 Å². The van der Waals surface area contributed by atoms with Gasteiger partial charge in [-0.15, -0.1) is 0 Å². The monoisotopic (exact) mass is 290 g/mol. The molecular formula is C18H30N2O. The van der Waals surface area contributed by atoms with E-state index in [1.54, 1.807) is 0 Å². The van der Waals surface area contributed by atoms with Crippen LogP contribution in [-0.2, 0) is 4.74 Å². The molecule has 1 aliphatic heterocycles. The molecule has 0 aromatic heterocycles. The van der Waals surface area contributed by atoms with Crippen LogP contribution in [0.1, 0.15) is 33.1 Å². The summed E-state index contributed by atoms with van der Waals surface area (Å²) in [5.74, 6) is 0. The first-order valence-corrected chi connectivity index (χ1v) is 8.38. The maximum Gasteiger partial charge on any atom is 0.0551 e. The van der Waals surface area contributed by atoms with Crippen molar-refractivity contribution in [1.29, 1.82) is 0 Å². The summed E-state index contributed by atoms with van der Waals surface area (Å²) < 4.78 is 5.83. The SMILES string of the molecule is CCCNCC1(CN(CC)c2ccccc2)CCCOC1. The number of ether oxygens (including phenoxy) is 1. The summed E-state index contributed by atoms with van der Waals surface area (Å²) in [5, 5.41) is 3.62. The summed E-state index contributed by atoms with van der Waals surface area (Å²) in [6.45, 7) is 10.5. The van der Waals surface area contributed by atoms with Crippen LogP contribution >= 0.6 is 0 Å². The van der Waals surface area contributed by atoms with Gasteiger partial charge in [0.1, 0.15) is 0 Å². The third kappa shape index (κ3) is 4.72. The molecule has 1 aromatic carbocycles. The highest BCUT2D eigenvalue weighted by atomic mass is 16.5. The Bertz CT molecular complexity index is 387. The first-order chi connectivity index (χ1) is 10.3. The molecule has 1 aromatic rings. The largest absolute Gasteiger partial charge is 0.381 e.